The van der Waals surface area contributed by atoms with Crippen molar-refractivity contribution in [1.29, 1.82) is 0 Å². The number of aromatic nitrogens is 1. The molecule has 0 radical (unpaired) electrons. The predicted octanol–water partition coefficient (Wildman–Crippen LogP) is -0.0241. The Balaban J connectivity index is 2.20. The molecule has 1 aromatic rings. The largest absolute Gasteiger partial charge is 0.510 e. The number of hydrogen-bond donors (Lipinski definition) is 1. The maximum absolute atomic E-state index is 12.9. The fourth-order valence-corrected chi connectivity index (χ4v) is 2.50. The van der Waals surface area contributed by atoms with Gasteiger partial charge in [0.25, 0.3) is 5.91 Å². The SMILES string of the molecule is CCN1C(=O)c2c(OCOC(=O)OC)c(=O)ccn2NC1COCCOC. The van der Waals surface area contributed by atoms with Crippen molar-refractivity contribution in [2.24, 2.45) is 0 Å². The van der Waals surface area contributed by atoms with Crippen LogP contribution in [0.25, 0.3) is 0 Å². The highest BCUT2D eigenvalue weighted by Gasteiger charge is 2.34. The van der Waals surface area contributed by atoms with Gasteiger partial charge in [0.05, 0.1) is 26.9 Å². The molecule has 1 unspecified atom stereocenters. The number of pyridine rings is 1. The molecule has 1 aromatic heterocycles. The summed E-state index contributed by atoms with van der Waals surface area (Å²) in [4.78, 5) is 37.6. The fraction of sp³-hybridized carbons (Fsp3) is 0.562. The van der Waals surface area contributed by atoms with Gasteiger partial charge in [-0.15, -0.1) is 0 Å². The summed E-state index contributed by atoms with van der Waals surface area (Å²) in [7, 11) is 2.71. The van der Waals surface area contributed by atoms with Crippen LogP contribution < -0.4 is 15.6 Å². The lowest BCUT2D eigenvalue weighted by Gasteiger charge is -2.38. The summed E-state index contributed by atoms with van der Waals surface area (Å²) in [6.45, 7) is 2.67. The van der Waals surface area contributed by atoms with Crippen LogP contribution in [0, 0.1) is 0 Å². The molecule has 1 N–H and O–H groups in total. The summed E-state index contributed by atoms with van der Waals surface area (Å²) in [6.07, 6.45) is 0.0278. The van der Waals surface area contributed by atoms with Crippen molar-refractivity contribution in [2.45, 2.75) is 13.1 Å². The highest BCUT2D eigenvalue weighted by molar-refractivity contribution is 5.96. The van der Waals surface area contributed by atoms with Crippen molar-refractivity contribution in [3.63, 3.8) is 0 Å². The monoisotopic (exact) mass is 385 g/mol. The minimum atomic E-state index is -0.965. The number of hydrogen-bond acceptors (Lipinski definition) is 9. The molecule has 1 aliphatic heterocycles. The molecular weight excluding hydrogens is 362 g/mol. The first-order chi connectivity index (χ1) is 13.0. The third-order valence-electron chi connectivity index (χ3n) is 3.78. The van der Waals surface area contributed by atoms with E-state index in [0.717, 1.165) is 7.11 Å². The van der Waals surface area contributed by atoms with E-state index in [-0.39, 0.29) is 18.1 Å². The average molecular weight is 385 g/mol. The molecule has 1 amide bonds. The number of fused-ring (bicyclic) bond motifs is 1. The zero-order valence-corrected chi connectivity index (χ0v) is 15.4. The van der Waals surface area contributed by atoms with Crippen LogP contribution in [0.15, 0.2) is 17.1 Å². The zero-order valence-electron chi connectivity index (χ0n) is 15.4. The van der Waals surface area contributed by atoms with Gasteiger partial charge in [0.15, 0.2) is 5.69 Å². The summed E-state index contributed by atoms with van der Waals surface area (Å²) in [5, 5.41) is 0. The van der Waals surface area contributed by atoms with Crippen LogP contribution in [0.4, 0.5) is 4.79 Å². The number of methoxy groups -OCH3 is 2. The van der Waals surface area contributed by atoms with E-state index in [9.17, 15) is 14.4 Å². The Bertz CT molecular complexity index is 720. The molecule has 0 saturated heterocycles. The van der Waals surface area contributed by atoms with Crippen LogP contribution >= 0.6 is 0 Å². The second-order valence-electron chi connectivity index (χ2n) is 5.39. The molecule has 1 aliphatic rings. The molecule has 0 fully saturated rings. The van der Waals surface area contributed by atoms with E-state index < -0.39 is 30.5 Å². The van der Waals surface area contributed by atoms with Crippen LogP contribution in [0.1, 0.15) is 17.4 Å². The number of likely N-dealkylation sites (N-methyl/N-ethyl adjacent to an activating group) is 1. The average Bonchev–Trinajstić information content (AvgIpc) is 2.67. The maximum atomic E-state index is 12.9. The van der Waals surface area contributed by atoms with Gasteiger partial charge in [-0.2, -0.15) is 0 Å². The highest BCUT2D eigenvalue weighted by Crippen LogP contribution is 2.21. The summed E-state index contributed by atoms with van der Waals surface area (Å²) >= 11 is 0. The van der Waals surface area contributed by atoms with E-state index in [1.807, 2.05) is 0 Å². The lowest BCUT2D eigenvalue weighted by atomic mass is 10.2. The smallest absolute Gasteiger partial charge is 0.451 e. The molecule has 0 spiro atoms. The van der Waals surface area contributed by atoms with Crippen molar-refractivity contribution in [1.82, 2.24) is 9.58 Å². The molecule has 1 atom stereocenters. The quantitative estimate of drug-likeness (QED) is 0.355. The Morgan fingerprint density at radius 3 is 2.70 bits per heavy atom. The van der Waals surface area contributed by atoms with Gasteiger partial charge in [0.1, 0.15) is 6.17 Å². The summed E-state index contributed by atoms with van der Waals surface area (Å²) < 4.78 is 26.0. The molecule has 11 nitrogen and oxygen atoms in total. The standard InChI is InChI=1S/C16H23N3O8/c1-4-18-12(9-25-8-7-23-2)17-19-6-5-11(20)14(13(19)15(18)21)26-10-27-16(22)24-3/h5-6,12,17H,4,7-10H2,1-3H3. The minimum Gasteiger partial charge on any atom is -0.451 e. The molecule has 0 aliphatic carbocycles. The second-order valence-corrected chi connectivity index (χ2v) is 5.39. The summed E-state index contributed by atoms with van der Waals surface area (Å²) in [5.74, 6) is -0.640. The third-order valence-corrected chi connectivity index (χ3v) is 3.78. The number of ether oxygens (including phenoxy) is 5. The number of rotatable bonds is 9. The van der Waals surface area contributed by atoms with Gasteiger partial charge >= 0.3 is 6.16 Å². The van der Waals surface area contributed by atoms with Gasteiger partial charge in [-0.05, 0) is 6.92 Å². The predicted molar refractivity (Wildman–Crippen MR) is 92.2 cm³/mol. The molecule has 150 valence electrons. The normalized spacial score (nSPS) is 15.7. The third kappa shape index (κ3) is 4.89. The Kier molecular flexibility index (Phi) is 7.44. The number of nitrogens with one attached hydrogen (secondary N) is 1. The maximum Gasteiger partial charge on any atom is 0.510 e. The van der Waals surface area contributed by atoms with Crippen molar-refractivity contribution >= 4 is 12.1 Å². The summed E-state index contributed by atoms with van der Waals surface area (Å²) in [6, 6.07) is 1.24. The van der Waals surface area contributed by atoms with Crippen molar-refractivity contribution in [2.75, 3.05) is 52.8 Å². The van der Waals surface area contributed by atoms with Gasteiger partial charge < -0.3 is 34.0 Å². The molecule has 0 bridgehead atoms. The Morgan fingerprint density at radius 1 is 1.26 bits per heavy atom. The lowest BCUT2D eigenvalue weighted by Crippen LogP contribution is -2.56. The summed E-state index contributed by atoms with van der Waals surface area (Å²) in [5.41, 5.74) is 2.58. The number of nitrogens with zero attached hydrogens (tertiary/aromatic N) is 2. The lowest BCUT2D eigenvalue weighted by molar-refractivity contribution is 0.0121. The Hall–Kier alpha value is -2.79. The first kappa shape index (κ1) is 20.5. The molecule has 11 heteroatoms. The van der Waals surface area contributed by atoms with Crippen molar-refractivity contribution < 1.29 is 33.3 Å². The van der Waals surface area contributed by atoms with Crippen LogP contribution in [-0.4, -0.2) is 75.2 Å². The molecule has 0 saturated carbocycles. The van der Waals surface area contributed by atoms with Gasteiger partial charge in [-0.25, -0.2) is 4.79 Å². The molecule has 0 aromatic carbocycles. The molecular formula is C16H23N3O8. The van der Waals surface area contributed by atoms with Gasteiger partial charge in [-0.1, -0.05) is 0 Å². The Morgan fingerprint density at radius 2 is 2.04 bits per heavy atom. The van der Waals surface area contributed by atoms with Crippen LogP contribution in [0.5, 0.6) is 5.75 Å². The van der Waals surface area contributed by atoms with E-state index in [1.165, 1.54) is 21.8 Å². The fourth-order valence-electron chi connectivity index (χ4n) is 2.50. The van der Waals surface area contributed by atoms with E-state index in [1.54, 1.807) is 14.0 Å². The van der Waals surface area contributed by atoms with Gasteiger partial charge in [-0.3, -0.25) is 14.3 Å². The molecule has 2 rings (SSSR count). The molecule has 2 heterocycles. The number of carbonyl (C=O) groups excluding carboxylic acids is 2. The first-order valence-corrected chi connectivity index (χ1v) is 8.26. The van der Waals surface area contributed by atoms with Crippen LogP contribution in [-0.2, 0) is 18.9 Å². The van der Waals surface area contributed by atoms with Crippen molar-refractivity contribution in [3.8, 4) is 5.75 Å². The van der Waals surface area contributed by atoms with Crippen LogP contribution in [0.3, 0.4) is 0 Å². The van der Waals surface area contributed by atoms with E-state index >= 15 is 0 Å². The van der Waals surface area contributed by atoms with Gasteiger partial charge in [0.2, 0.25) is 18.0 Å². The number of carbonyl (C=O) groups is 2. The van der Waals surface area contributed by atoms with Crippen molar-refractivity contribution in [3.05, 3.63) is 28.2 Å². The minimum absolute atomic E-state index is 0.00552. The topological polar surface area (TPSA) is 118 Å². The second kappa shape index (κ2) is 9.78. The van der Waals surface area contributed by atoms with Gasteiger partial charge in [0, 0.05) is 25.9 Å². The zero-order chi connectivity index (χ0) is 19.8. The van der Waals surface area contributed by atoms with E-state index in [4.69, 9.17) is 14.2 Å². The Labute approximate surface area is 155 Å². The molecule has 27 heavy (non-hydrogen) atoms. The van der Waals surface area contributed by atoms with E-state index in [2.05, 4.69) is 14.9 Å². The first-order valence-electron chi connectivity index (χ1n) is 8.26. The van der Waals surface area contributed by atoms with E-state index in [0.29, 0.717) is 19.8 Å². The number of amides is 1. The van der Waals surface area contributed by atoms with Crippen LogP contribution in [0.2, 0.25) is 0 Å². The highest BCUT2D eigenvalue weighted by atomic mass is 16.8.